The number of hydrogen-bond acceptors (Lipinski definition) is 11. The predicted molar refractivity (Wildman–Crippen MR) is 109 cm³/mol. The number of hydrogen-bond donors (Lipinski definition) is 6. The van der Waals surface area contributed by atoms with Gasteiger partial charge in [-0.25, -0.2) is 4.79 Å². The number of ether oxygens (including phenoxy) is 3. The molecule has 1 aliphatic heterocycles. The quantitative estimate of drug-likeness (QED) is 0.275. The Labute approximate surface area is 183 Å². The number of aliphatic hydroxyl groups excluding tert-OH is 5. The first kappa shape index (κ1) is 24.6. The molecule has 0 bridgehead atoms. The molecule has 178 valence electrons. The standard InChI is InChI=1S/C21H28O11/c1-21(2,28)19(27)18(32-20-17(26)16(25)15(24)13(8-22)31-20)10-6-9-4-5-14(23)30-11(9)7-12(10)29-3/h4-7,13,15-20,22,24-28H,8H2,1-3H3/t13-,15-,16+,17-,18+,19+,20-/m1/s1. The van der Waals surface area contributed by atoms with Crippen molar-refractivity contribution >= 4 is 11.0 Å². The first-order valence-electron chi connectivity index (χ1n) is 9.96. The van der Waals surface area contributed by atoms with E-state index in [1.807, 2.05) is 0 Å². The molecule has 0 unspecified atom stereocenters. The lowest BCUT2D eigenvalue weighted by atomic mass is 9.91. The van der Waals surface area contributed by atoms with Crippen molar-refractivity contribution in [3.8, 4) is 5.75 Å². The monoisotopic (exact) mass is 456 g/mol. The Morgan fingerprint density at radius 2 is 1.81 bits per heavy atom. The van der Waals surface area contributed by atoms with Crippen LogP contribution in [0.5, 0.6) is 5.75 Å². The summed E-state index contributed by atoms with van der Waals surface area (Å²) >= 11 is 0. The van der Waals surface area contributed by atoms with E-state index in [1.54, 1.807) is 0 Å². The molecule has 1 aromatic heterocycles. The third-order valence-corrected chi connectivity index (χ3v) is 5.42. The van der Waals surface area contributed by atoms with Gasteiger partial charge in [-0.15, -0.1) is 0 Å². The average Bonchev–Trinajstić information content (AvgIpc) is 2.75. The van der Waals surface area contributed by atoms with Crippen molar-refractivity contribution in [2.45, 2.75) is 62.4 Å². The lowest BCUT2D eigenvalue weighted by Gasteiger charge is -2.42. The molecule has 1 saturated heterocycles. The van der Waals surface area contributed by atoms with Crippen LogP contribution in [0, 0.1) is 0 Å². The molecule has 11 heteroatoms. The maximum Gasteiger partial charge on any atom is 0.336 e. The van der Waals surface area contributed by atoms with Crippen molar-refractivity contribution in [3.05, 3.63) is 40.2 Å². The fourth-order valence-electron chi connectivity index (χ4n) is 3.53. The molecule has 1 aliphatic rings. The van der Waals surface area contributed by atoms with Gasteiger partial charge < -0.3 is 49.3 Å². The van der Waals surface area contributed by atoms with Gasteiger partial charge in [0.25, 0.3) is 0 Å². The molecule has 0 amide bonds. The fraction of sp³-hybridized carbons (Fsp3) is 0.571. The number of methoxy groups -OCH3 is 1. The first-order valence-corrected chi connectivity index (χ1v) is 9.96. The zero-order valence-electron chi connectivity index (χ0n) is 17.8. The maximum atomic E-state index is 11.5. The molecule has 6 N–H and O–H groups in total. The number of aliphatic hydroxyl groups is 6. The van der Waals surface area contributed by atoms with Gasteiger partial charge in [-0.2, -0.15) is 0 Å². The highest BCUT2D eigenvalue weighted by atomic mass is 16.7. The van der Waals surface area contributed by atoms with Crippen molar-refractivity contribution in [1.82, 2.24) is 0 Å². The van der Waals surface area contributed by atoms with E-state index in [0.717, 1.165) is 0 Å². The molecule has 32 heavy (non-hydrogen) atoms. The van der Waals surface area contributed by atoms with Gasteiger partial charge in [-0.1, -0.05) is 0 Å². The Balaban J connectivity index is 2.07. The Morgan fingerprint density at radius 3 is 2.41 bits per heavy atom. The van der Waals surface area contributed by atoms with Crippen LogP contribution in [0.3, 0.4) is 0 Å². The van der Waals surface area contributed by atoms with E-state index < -0.39 is 60.7 Å². The van der Waals surface area contributed by atoms with Crippen LogP contribution in [0.1, 0.15) is 25.5 Å². The average molecular weight is 456 g/mol. The van der Waals surface area contributed by atoms with Crippen LogP contribution < -0.4 is 10.4 Å². The third kappa shape index (κ3) is 4.80. The molecular formula is C21H28O11. The minimum absolute atomic E-state index is 0.143. The van der Waals surface area contributed by atoms with Crippen molar-refractivity contribution in [1.29, 1.82) is 0 Å². The summed E-state index contributed by atoms with van der Waals surface area (Å²) < 4.78 is 21.7. The molecule has 1 fully saturated rings. The summed E-state index contributed by atoms with van der Waals surface area (Å²) in [4.78, 5) is 11.5. The topological polar surface area (TPSA) is 179 Å². The van der Waals surface area contributed by atoms with Crippen LogP contribution in [0.25, 0.3) is 11.0 Å². The molecule has 2 heterocycles. The van der Waals surface area contributed by atoms with Gasteiger partial charge in [-0.3, -0.25) is 0 Å². The summed E-state index contributed by atoms with van der Waals surface area (Å²) in [6.45, 7) is 2.02. The Bertz CT molecular complexity index is 980. The highest BCUT2D eigenvalue weighted by Crippen LogP contribution is 2.38. The molecule has 1 aromatic carbocycles. The second kappa shape index (κ2) is 9.41. The highest BCUT2D eigenvalue weighted by molar-refractivity contribution is 5.79. The fourth-order valence-corrected chi connectivity index (χ4v) is 3.53. The zero-order valence-corrected chi connectivity index (χ0v) is 17.8. The molecule has 7 atom stereocenters. The first-order chi connectivity index (χ1) is 15.0. The van der Waals surface area contributed by atoms with Crippen LogP contribution in [-0.4, -0.2) is 86.8 Å². The van der Waals surface area contributed by atoms with Crippen molar-refractivity contribution < 1.29 is 49.3 Å². The van der Waals surface area contributed by atoms with Crippen LogP contribution in [0.4, 0.5) is 0 Å². The summed E-state index contributed by atoms with van der Waals surface area (Å²) in [5.74, 6) is 0.143. The van der Waals surface area contributed by atoms with E-state index in [4.69, 9.17) is 18.6 Å². The second-order valence-electron chi connectivity index (χ2n) is 8.24. The number of rotatable bonds is 7. The van der Waals surface area contributed by atoms with Gasteiger partial charge >= 0.3 is 5.63 Å². The van der Waals surface area contributed by atoms with Crippen LogP contribution >= 0.6 is 0 Å². The van der Waals surface area contributed by atoms with Gasteiger partial charge in [0.15, 0.2) is 6.29 Å². The molecular weight excluding hydrogens is 428 g/mol. The van der Waals surface area contributed by atoms with Gasteiger partial charge in [0, 0.05) is 23.1 Å². The largest absolute Gasteiger partial charge is 0.496 e. The molecule has 0 spiro atoms. The SMILES string of the molecule is COc1cc2oc(=O)ccc2cc1[C@H](O[C@H]1O[C@H](CO)[C@@H](O)[C@H](O)[C@H]1O)[C@H](O)C(C)(C)O. The molecule has 0 radical (unpaired) electrons. The maximum absolute atomic E-state index is 11.5. The summed E-state index contributed by atoms with van der Waals surface area (Å²) in [6, 6.07) is 5.62. The summed E-state index contributed by atoms with van der Waals surface area (Å²) in [7, 11) is 1.34. The Morgan fingerprint density at radius 1 is 1.12 bits per heavy atom. The highest BCUT2D eigenvalue weighted by Gasteiger charge is 2.47. The molecule has 3 rings (SSSR count). The smallest absolute Gasteiger partial charge is 0.336 e. The van der Waals surface area contributed by atoms with Crippen molar-refractivity contribution in [2.75, 3.05) is 13.7 Å². The van der Waals surface area contributed by atoms with Crippen molar-refractivity contribution in [2.24, 2.45) is 0 Å². The normalized spacial score (nSPS) is 28.5. The van der Waals surface area contributed by atoms with E-state index in [9.17, 15) is 35.4 Å². The van der Waals surface area contributed by atoms with E-state index in [0.29, 0.717) is 5.39 Å². The second-order valence-corrected chi connectivity index (χ2v) is 8.24. The van der Waals surface area contributed by atoms with E-state index >= 15 is 0 Å². The van der Waals surface area contributed by atoms with Crippen LogP contribution in [0.15, 0.2) is 33.5 Å². The number of benzene rings is 1. The summed E-state index contributed by atoms with van der Waals surface area (Å²) in [5, 5.41) is 61.7. The van der Waals surface area contributed by atoms with Crippen LogP contribution in [-0.2, 0) is 9.47 Å². The minimum atomic E-state index is -1.73. The molecule has 0 saturated carbocycles. The predicted octanol–water partition coefficient (Wildman–Crippen LogP) is -1.21. The molecule has 11 nitrogen and oxygen atoms in total. The minimum Gasteiger partial charge on any atom is -0.496 e. The van der Waals surface area contributed by atoms with Gasteiger partial charge in [0.2, 0.25) is 0 Å². The summed E-state index contributed by atoms with van der Waals surface area (Å²) in [5.41, 5.74) is -1.83. The lowest BCUT2D eigenvalue weighted by Crippen LogP contribution is -2.60. The molecule has 2 aromatic rings. The Kier molecular flexibility index (Phi) is 7.22. The van der Waals surface area contributed by atoms with Gasteiger partial charge in [0.1, 0.15) is 48.0 Å². The lowest BCUT2D eigenvalue weighted by molar-refractivity contribution is -0.322. The number of fused-ring (bicyclic) bond motifs is 1. The van der Waals surface area contributed by atoms with E-state index in [1.165, 1.54) is 45.2 Å². The third-order valence-electron chi connectivity index (χ3n) is 5.42. The van der Waals surface area contributed by atoms with Gasteiger partial charge in [0.05, 0.1) is 19.3 Å². The summed E-state index contributed by atoms with van der Waals surface area (Å²) in [6.07, 6.45) is -10.8. The van der Waals surface area contributed by atoms with E-state index in [-0.39, 0.29) is 16.9 Å². The molecule has 0 aliphatic carbocycles. The van der Waals surface area contributed by atoms with Crippen LogP contribution in [0.2, 0.25) is 0 Å². The Hall–Kier alpha value is -2.09. The van der Waals surface area contributed by atoms with Crippen molar-refractivity contribution in [3.63, 3.8) is 0 Å². The van der Waals surface area contributed by atoms with E-state index in [2.05, 4.69) is 0 Å². The van der Waals surface area contributed by atoms with Gasteiger partial charge in [-0.05, 0) is 26.0 Å². The zero-order chi connectivity index (χ0) is 23.8.